The number of aliphatic hydroxyl groups excluding tert-OH is 1. The van der Waals surface area contributed by atoms with Gasteiger partial charge in [0.2, 0.25) is 0 Å². The molecule has 0 rings (SSSR count). The van der Waals surface area contributed by atoms with Crippen LogP contribution in [0.1, 0.15) is 59.3 Å². The summed E-state index contributed by atoms with van der Waals surface area (Å²) < 4.78 is 0. The lowest BCUT2D eigenvalue weighted by Crippen LogP contribution is -2.00. The van der Waals surface area contributed by atoms with Crippen molar-refractivity contribution < 1.29 is 5.11 Å². The molecule has 0 heterocycles. The average Bonchev–Trinajstić information content (AvgIpc) is 2.14. The van der Waals surface area contributed by atoms with E-state index in [0.29, 0.717) is 6.61 Å². The molecule has 2 unspecified atom stereocenters. The van der Waals surface area contributed by atoms with E-state index in [0.717, 1.165) is 18.3 Å². The zero-order chi connectivity index (χ0) is 10.1. The average molecular weight is 186 g/mol. The molecule has 0 fully saturated rings. The Morgan fingerprint density at radius 2 is 1.54 bits per heavy atom. The van der Waals surface area contributed by atoms with E-state index in [1.54, 1.807) is 0 Å². The minimum atomic E-state index is 0.359. The summed E-state index contributed by atoms with van der Waals surface area (Å²) in [6.45, 7) is 7.29. The molecule has 80 valence electrons. The summed E-state index contributed by atoms with van der Waals surface area (Å²) in [5.41, 5.74) is 0. The van der Waals surface area contributed by atoms with Gasteiger partial charge in [0.15, 0.2) is 0 Å². The van der Waals surface area contributed by atoms with E-state index in [-0.39, 0.29) is 0 Å². The van der Waals surface area contributed by atoms with Crippen LogP contribution in [0, 0.1) is 11.8 Å². The van der Waals surface area contributed by atoms with Crippen LogP contribution in [0.5, 0.6) is 0 Å². The number of aliphatic hydroxyl groups is 1. The van der Waals surface area contributed by atoms with Gasteiger partial charge < -0.3 is 5.11 Å². The minimum absolute atomic E-state index is 0.359. The molecular formula is C12H26O. The van der Waals surface area contributed by atoms with Gasteiger partial charge in [0.25, 0.3) is 0 Å². The predicted molar refractivity (Wildman–Crippen MR) is 58.8 cm³/mol. The quantitative estimate of drug-likeness (QED) is 0.574. The second kappa shape index (κ2) is 8.55. The minimum Gasteiger partial charge on any atom is -0.396 e. The zero-order valence-electron chi connectivity index (χ0n) is 9.55. The number of unbranched alkanes of at least 4 members (excludes halogenated alkanes) is 1. The molecule has 2 atom stereocenters. The summed E-state index contributed by atoms with van der Waals surface area (Å²) in [6.07, 6.45) is 7.50. The molecule has 0 spiro atoms. The van der Waals surface area contributed by atoms with Crippen LogP contribution < -0.4 is 0 Å². The molecule has 0 radical (unpaired) electrons. The highest BCUT2D eigenvalue weighted by Gasteiger charge is 2.04. The van der Waals surface area contributed by atoms with E-state index >= 15 is 0 Å². The van der Waals surface area contributed by atoms with Crippen LogP contribution in [0.2, 0.25) is 0 Å². The lowest BCUT2D eigenvalue weighted by atomic mass is 9.93. The molecule has 0 aliphatic rings. The van der Waals surface area contributed by atoms with Crippen molar-refractivity contribution in [2.45, 2.75) is 59.3 Å². The summed E-state index contributed by atoms with van der Waals surface area (Å²) >= 11 is 0. The molecule has 0 saturated heterocycles. The van der Waals surface area contributed by atoms with Gasteiger partial charge in [0.1, 0.15) is 0 Å². The van der Waals surface area contributed by atoms with Crippen molar-refractivity contribution in [2.75, 3.05) is 6.61 Å². The zero-order valence-corrected chi connectivity index (χ0v) is 9.55. The van der Waals surface area contributed by atoms with Crippen LogP contribution in [-0.2, 0) is 0 Å². The van der Waals surface area contributed by atoms with Crippen molar-refractivity contribution in [1.29, 1.82) is 0 Å². The maximum absolute atomic E-state index is 8.64. The summed E-state index contributed by atoms with van der Waals surface area (Å²) in [6, 6.07) is 0. The molecule has 0 aromatic carbocycles. The van der Waals surface area contributed by atoms with Gasteiger partial charge in [-0.3, -0.25) is 0 Å². The predicted octanol–water partition coefficient (Wildman–Crippen LogP) is 3.61. The molecule has 0 bridgehead atoms. The third-order valence-corrected chi connectivity index (χ3v) is 2.95. The van der Waals surface area contributed by atoms with Crippen molar-refractivity contribution in [3.63, 3.8) is 0 Å². The molecule has 0 amide bonds. The third kappa shape index (κ3) is 8.29. The largest absolute Gasteiger partial charge is 0.396 e. The summed E-state index contributed by atoms with van der Waals surface area (Å²) in [5.74, 6) is 1.74. The fourth-order valence-corrected chi connectivity index (χ4v) is 1.52. The van der Waals surface area contributed by atoms with E-state index in [1.807, 2.05) is 0 Å². The molecular weight excluding hydrogens is 160 g/mol. The summed E-state index contributed by atoms with van der Waals surface area (Å²) in [4.78, 5) is 0. The van der Waals surface area contributed by atoms with Crippen LogP contribution in [0.15, 0.2) is 0 Å². The molecule has 1 nitrogen and oxygen atoms in total. The van der Waals surface area contributed by atoms with Crippen LogP contribution in [0.4, 0.5) is 0 Å². The van der Waals surface area contributed by atoms with Gasteiger partial charge in [-0.25, -0.2) is 0 Å². The molecule has 0 aromatic rings. The lowest BCUT2D eigenvalue weighted by molar-refractivity contribution is 0.276. The first-order chi connectivity index (χ1) is 6.20. The topological polar surface area (TPSA) is 20.2 Å². The standard InChI is InChI=1S/C12H26O/c1-4-11(2)8-9-12(3)7-5-6-10-13/h11-13H,4-10H2,1-3H3. The van der Waals surface area contributed by atoms with E-state index in [2.05, 4.69) is 20.8 Å². The van der Waals surface area contributed by atoms with Gasteiger partial charge >= 0.3 is 0 Å². The molecule has 0 saturated carbocycles. The fourth-order valence-electron chi connectivity index (χ4n) is 1.52. The monoisotopic (exact) mass is 186 g/mol. The first kappa shape index (κ1) is 13.0. The fraction of sp³-hybridized carbons (Fsp3) is 1.00. The van der Waals surface area contributed by atoms with Crippen molar-refractivity contribution in [1.82, 2.24) is 0 Å². The lowest BCUT2D eigenvalue weighted by Gasteiger charge is -2.13. The Kier molecular flexibility index (Phi) is 8.53. The van der Waals surface area contributed by atoms with Gasteiger partial charge in [-0.2, -0.15) is 0 Å². The van der Waals surface area contributed by atoms with E-state index in [1.165, 1.54) is 32.1 Å². The van der Waals surface area contributed by atoms with Gasteiger partial charge in [-0.1, -0.05) is 52.9 Å². The second-order valence-corrected chi connectivity index (χ2v) is 4.42. The van der Waals surface area contributed by atoms with Crippen LogP contribution in [0.3, 0.4) is 0 Å². The SMILES string of the molecule is CCC(C)CCC(C)CCCCO. The van der Waals surface area contributed by atoms with Gasteiger partial charge in [0, 0.05) is 6.61 Å². The van der Waals surface area contributed by atoms with Gasteiger partial charge in [-0.05, 0) is 18.3 Å². The van der Waals surface area contributed by atoms with Crippen LogP contribution >= 0.6 is 0 Å². The Labute approximate surface area is 83.5 Å². The normalized spacial score (nSPS) is 15.7. The Bertz CT molecular complexity index is 101. The van der Waals surface area contributed by atoms with E-state index in [4.69, 9.17) is 5.11 Å². The molecule has 1 heteroatoms. The van der Waals surface area contributed by atoms with Crippen molar-refractivity contribution in [3.8, 4) is 0 Å². The van der Waals surface area contributed by atoms with Gasteiger partial charge in [0.05, 0.1) is 0 Å². The van der Waals surface area contributed by atoms with Crippen LogP contribution in [-0.4, -0.2) is 11.7 Å². The number of rotatable bonds is 8. The first-order valence-corrected chi connectivity index (χ1v) is 5.81. The van der Waals surface area contributed by atoms with E-state index in [9.17, 15) is 0 Å². The highest BCUT2D eigenvalue weighted by molar-refractivity contribution is 4.57. The van der Waals surface area contributed by atoms with E-state index < -0.39 is 0 Å². The Morgan fingerprint density at radius 3 is 2.08 bits per heavy atom. The molecule has 0 aliphatic heterocycles. The molecule has 0 aromatic heterocycles. The highest BCUT2D eigenvalue weighted by Crippen LogP contribution is 2.18. The maximum atomic E-state index is 8.64. The summed E-state index contributed by atoms with van der Waals surface area (Å²) in [7, 11) is 0. The maximum Gasteiger partial charge on any atom is 0.0431 e. The molecule has 1 N–H and O–H groups in total. The smallest absolute Gasteiger partial charge is 0.0431 e. The second-order valence-electron chi connectivity index (χ2n) is 4.42. The molecule has 13 heavy (non-hydrogen) atoms. The van der Waals surface area contributed by atoms with Crippen LogP contribution in [0.25, 0.3) is 0 Å². The van der Waals surface area contributed by atoms with Crippen molar-refractivity contribution in [3.05, 3.63) is 0 Å². The highest BCUT2D eigenvalue weighted by atomic mass is 16.2. The molecule has 0 aliphatic carbocycles. The Hall–Kier alpha value is -0.0400. The van der Waals surface area contributed by atoms with Gasteiger partial charge in [-0.15, -0.1) is 0 Å². The van der Waals surface area contributed by atoms with Crippen molar-refractivity contribution in [2.24, 2.45) is 11.8 Å². The first-order valence-electron chi connectivity index (χ1n) is 5.81. The Balaban J connectivity index is 3.24. The third-order valence-electron chi connectivity index (χ3n) is 2.95. The summed E-state index contributed by atoms with van der Waals surface area (Å²) in [5, 5.41) is 8.64. The number of hydrogen-bond donors (Lipinski definition) is 1. The number of hydrogen-bond acceptors (Lipinski definition) is 1. The van der Waals surface area contributed by atoms with Crippen molar-refractivity contribution >= 4 is 0 Å². The Morgan fingerprint density at radius 1 is 0.923 bits per heavy atom.